The molecule has 1 aromatic rings. The Hall–Kier alpha value is -1.03. The Bertz CT molecular complexity index is 78.9. The molecule has 0 fully saturated rings. The first kappa shape index (κ1) is 5.97. The highest BCUT2D eigenvalue weighted by atomic mass is 14.9. The minimum Gasteiger partial charge on any atom is -0.344 e. The number of hydrogen-bond donors (Lipinski definition) is 1. The van der Waals surface area contributed by atoms with E-state index in [1.54, 1.807) is 0 Å². The van der Waals surface area contributed by atoms with Crippen LogP contribution in [0.1, 0.15) is 0 Å². The quantitative estimate of drug-likeness (QED) is 0.488. The molecule has 0 spiro atoms. The second-order valence-corrected chi connectivity index (χ2v) is 0.738. The maximum Gasteiger partial charge on any atom is 0.200 e. The fraction of sp³-hybridized carbons (Fsp3) is 0. The van der Waals surface area contributed by atoms with Crippen LogP contribution < -0.4 is 6.15 Å². The summed E-state index contributed by atoms with van der Waals surface area (Å²) in [5.41, 5.74) is 0. The Balaban J connectivity index is 0.000000360. The summed E-state index contributed by atoms with van der Waals surface area (Å²) in [7, 11) is 0. The average molecular weight is 97.1 g/mol. The second-order valence-electron chi connectivity index (χ2n) is 0.738. The third-order valence-corrected chi connectivity index (χ3v) is 0.364. The van der Waals surface area contributed by atoms with Crippen LogP contribution in [0.5, 0.6) is 0 Å². The van der Waals surface area contributed by atoms with Crippen LogP contribution >= 0.6 is 0 Å². The highest BCUT2D eigenvalue weighted by Gasteiger charge is 1.61. The molecule has 0 bridgehead atoms. The predicted molar refractivity (Wildman–Crippen MR) is 23.7 cm³/mol. The van der Waals surface area contributed by atoms with E-state index >= 15 is 0 Å². The normalized spacial score (nSPS) is 6.86. The van der Waals surface area contributed by atoms with Gasteiger partial charge in [0.25, 0.3) is 0 Å². The van der Waals surface area contributed by atoms with Crippen molar-refractivity contribution >= 4 is 0 Å². The molecule has 1 aromatic heterocycles. The van der Waals surface area contributed by atoms with Crippen molar-refractivity contribution in [3.63, 3.8) is 0 Å². The summed E-state index contributed by atoms with van der Waals surface area (Å²) in [6, 6.07) is 0. The molecule has 0 aromatic carbocycles. The molecule has 37 valence electrons. The summed E-state index contributed by atoms with van der Waals surface area (Å²) >= 11 is 0. The first-order valence-corrected chi connectivity index (χ1v) is 1.48. The molecule has 0 unspecified atom stereocenters. The Morgan fingerprint density at radius 1 is 1.14 bits per heavy atom. The van der Waals surface area contributed by atoms with Crippen LogP contribution in [0.25, 0.3) is 0 Å². The van der Waals surface area contributed by atoms with E-state index in [1.165, 1.54) is 12.7 Å². The van der Waals surface area contributed by atoms with Crippen LogP contribution in [0.4, 0.5) is 0 Å². The average Bonchev–Trinajstić information content (AvgIpc) is 1.72. The molecule has 1 radical (unpaired) electrons. The second kappa shape index (κ2) is 3.17. The van der Waals surface area contributed by atoms with E-state index in [9.17, 15) is 0 Å². The van der Waals surface area contributed by atoms with Crippen molar-refractivity contribution < 1.29 is 0 Å². The zero-order chi connectivity index (χ0) is 4.24. The predicted octanol–water partition coefficient (Wildman–Crippen LogP) is -0.166. The number of aromatic nitrogens is 3. The van der Waals surface area contributed by atoms with E-state index in [0.29, 0.717) is 0 Å². The van der Waals surface area contributed by atoms with E-state index in [1.807, 2.05) is 0 Å². The molecule has 0 aliphatic heterocycles. The molecule has 0 aliphatic carbocycles. The van der Waals surface area contributed by atoms with Crippen LogP contribution in [0.15, 0.2) is 12.7 Å². The third-order valence-electron chi connectivity index (χ3n) is 0.364. The highest BCUT2D eigenvalue weighted by molar-refractivity contribution is 4.49. The lowest BCUT2D eigenvalue weighted by Gasteiger charge is -1.68. The monoisotopic (exact) mass is 97.1 g/mol. The number of nitrogens with zero attached hydrogens (tertiary/aromatic N) is 3. The Labute approximate surface area is 41.2 Å². The molecular formula is C3H5N4. The first-order chi connectivity index (χ1) is 3.00. The van der Waals surface area contributed by atoms with Gasteiger partial charge in [-0.05, 0) is 0 Å². The van der Waals surface area contributed by atoms with Gasteiger partial charge >= 0.3 is 0 Å². The molecular weight excluding hydrogens is 92.1 g/mol. The van der Waals surface area contributed by atoms with Crippen molar-refractivity contribution in [1.82, 2.24) is 21.1 Å². The summed E-state index contributed by atoms with van der Waals surface area (Å²) in [6.07, 6.45) is 5.09. The largest absolute Gasteiger partial charge is 0.344 e. The zero-order valence-corrected chi connectivity index (χ0v) is 3.70. The van der Waals surface area contributed by atoms with Crippen molar-refractivity contribution in [2.24, 2.45) is 0 Å². The summed E-state index contributed by atoms with van der Waals surface area (Å²) in [4.78, 5) is 10.4. The standard InChI is InChI=1S/C3H2N3.H3N/c1-4-2-6-3-5-1;/h1-2H;1H3. The molecule has 7 heavy (non-hydrogen) atoms. The molecule has 0 saturated carbocycles. The topological polar surface area (TPSA) is 73.7 Å². The summed E-state index contributed by atoms with van der Waals surface area (Å²) < 4.78 is 0. The van der Waals surface area contributed by atoms with Gasteiger partial charge in [0.05, 0.1) is 0 Å². The van der Waals surface area contributed by atoms with E-state index in [2.05, 4.69) is 21.3 Å². The van der Waals surface area contributed by atoms with Gasteiger partial charge in [-0.1, -0.05) is 0 Å². The van der Waals surface area contributed by atoms with Gasteiger partial charge in [-0.2, -0.15) is 0 Å². The van der Waals surface area contributed by atoms with Gasteiger partial charge in [-0.25, -0.2) is 15.0 Å². The van der Waals surface area contributed by atoms with Crippen LogP contribution in [0, 0.1) is 6.33 Å². The first-order valence-electron chi connectivity index (χ1n) is 1.48. The van der Waals surface area contributed by atoms with E-state index in [4.69, 9.17) is 0 Å². The minimum atomic E-state index is 0. The van der Waals surface area contributed by atoms with Gasteiger partial charge in [0, 0.05) is 0 Å². The Kier molecular flexibility index (Phi) is 2.70. The maximum absolute atomic E-state index is 3.53. The Morgan fingerprint density at radius 2 is 1.71 bits per heavy atom. The molecule has 3 N–H and O–H groups in total. The van der Waals surface area contributed by atoms with Crippen molar-refractivity contribution in [3.8, 4) is 0 Å². The number of hydrogen-bond acceptors (Lipinski definition) is 4. The van der Waals surface area contributed by atoms with Crippen molar-refractivity contribution in [1.29, 1.82) is 0 Å². The zero-order valence-electron chi connectivity index (χ0n) is 3.70. The van der Waals surface area contributed by atoms with Crippen molar-refractivity contribution in [2.75, 3.05) is 0 Å². The van der Waals surface area contributed by atoms with Gasteiger partial charge in [0.15, 0.2) is 0 Å². The molecule has 4 nitrogen and oxygen atoms in total. The van der Waals surface area contributed by atoms with E-state index < -0.39 is 0 Å². The van der Waals surface area contributed by atoms with Crippen LogP contribution in [0.3, 0.4) is 0 Å². The molecule has 0 amide bonds. The van der Waals surface area contributed by atoms with Crippen LogP contribution in [0.2, 0.25) is 0 Å². The van der Waals surface area contributed by atoms with Gasteiger partial charge in [0.2, 0.25) is 6.33 Å². The van der Waals surface area contributed by atoms with Gasteiger partial charge in [-0.3, -0.25) is 0 Å². The SMILES string of the molecule is N.[c]1ncncn1. The third kappa shape index (κ3) is 1.77. The lowest BCUT2D eigenvalue weighted by atomic mass is 11.1. The van der Waals surface area contributed by atoms with Crippen molar-refractivity contribution in [2.45, 2.75) is 0 Å². The van der Waals surface area contributed by atoms with Gasteiger partial charge in [-0.15, -0.1) is 0 Å². The smallest absolute Gasteiger partial charge is 0.200 e. The lowest BCUT2D eigenvalue weighted by molar-refractivity contribution is 1.03. The Morgan fingerprint density at radius 3 is 1.86 bits per heavy atom. The van der Waals surface area contributed by atoms with Gasteiger partial charge < -0.3 is 6.15 Å². The molecule has 0 saturated heterocycles. The summed E-state index contributed by atoms with van der Waals surface area (Å²) in [5.74, 6) is 0. The maximum atomic E-state index is 3.53. The molecule has 0 atom stereocenters. The highest BCUT2D eigenvalue weighted by Crippen LogP contribution is 1.56. The fourth-order valence-electron chi connectivity index (χ4n) is 0.181. The van der Waals surface area contributed by atoms with Crippen molar-refractivity contribution in [3.05, 3.63) is 19.0 Å². The van der Waals surface area contributed by atoms with E-state index in [0.717, 1.165) is 0 Å². The lowest BCUT2D eigenvalue weighted by Crippen LogP contribution is -1.74. The van der Waals surface area contributed by atoms with E-state index in [-0.39, 0.29) is 6.15 Å². The van der Waals surface area contributed by atoms with Crippen LogP contribution in [-0.4, -0.2) is 15.0 Å². The molecule has 0 aliphatic rings. The van der Waals surface area contributed by atoms with Crippen LogP contribution in [-0.2, 0) is 0 Å². The van der Waals surface area contributed by atoms with Gasteiger partial charge in [0.1, 0.15) is 12.7 Å². The molecule has 4 heteroatoms. The minimum absolute atomic E-state index is 0. The fourth-order valence-corrected chi connectivity index (χ4v) is 0.181. The summed E-state index contributed by atoms with van der Waals surface area (Å²) in [6.45, 7) is 0. The summed E-state index contributed by atoms with van der Waals surface area (Å²) in [5, 5.41) is 0. The molecule has 1 heterocycles. The molecule has 1 rings (SSSR count). The number of rotatable bonds is 0.